The van der Waals surface area contributed by atoms with Crippen molar-refractivity contribution in [1.82, 2.24) is 4.98 Å². The smallest absolute Gasteiger partial charge is 0.315 e. The molecule has 0 aliphatic carbocycles. The molecule has 0 radical (unpaired) electrons. The Labute approximate surface area is 103 Å². The highest BCUT2D eigenvalue weighted by Gasteiger charge is 2.38. The van der Waals surface area contributed by atoms with Crippen molar-refractivity contribution < 1.29 is 14.3 Å². The molecule has 1 aliphatic heterocycles. The minimum atomic E-state index is -0.679. The molecule has 1 aliphatic rings. The molecule has 0 unspecified atom stereocenters. The number of carbonyl (C=O) groups excluding carboxylic acids is 2. The van der Waals surface area contributed by atoms with E-state index < -0.39 is 10.7 Å². The van der Waals surface area contributed by atoms with Gasteiger partial charge in [0.25, 0.3) is 0 Å². The Kier molecular flexibility index (Phi) is 2.99. The second kappa shape index (κ2) is 4.46. The first-order valence-corrected chi connectivity index (χ1v) is 5.27. The molecule has 0 saturated heterocycles. The van der Waals surface area contributed by atoms with Gasteiger partial charge in [-0.3, -0.25) is 9.78 Å². The van der Waals surface area contributed by atoms with Crippen molar-refractivity contribution in [2.75, 3.05) is 0 Å². The number of quaternary nitrogens is 1. The van der Waals surface area contributed by atoms with Crippen molar-refractivity contribution in [3.8, 4) is 0 Å². The van der Waals surface area contributed by atoms with Crippen molar-refractivity contribution in [3.63, 3.8) is 0 Å². The highest BCUT2D eigenvalue weighted by Crippen LogP contribution is 2.18. The van der Waals surface area contributed by atoms with E-state index in [1.807, 2.05) is 0 Å². The number of amides is 2. The Hall–Kier alpha value is -2.41. The molecule has 0 aromatic carbocycles. The number of primary amides is 1. The zero-order valence-electron chi connectivity index (χ0n) is 9.78. The maximum absolute atomic E-state index is 11.4. The summed E-state index contributed by atoms with van der Waals surface area (Å²) >= 11 is 0. The molecule has 2 amide bonds. The third-order valence-electron chi connectivity index (χ3n) is 2.52. The van der Waals surface area contributed by atoms with Gasteiger partial charge in [-0.05, 0) is 22.3 Å². The summed E-state index contributed by atoms with van der Waals surface area (Å²) in [5, 5.41) is 7.89. The summed E-state index contributed by atoms with van der Waals surface area (Å²) in [7, 11) is 0. The number of hydrogen-bond acceptors (Lipinski definition) is 5. The topological polar surface area (TPSA) is 97.8 Å². The van der Waals surface area contributed by atoms with Crippen LogP contribution in [0.4, 0.5) is 4.79 Å². The molecule has 0 saturated carbocycles. The number of urea groups is 1. The fourth-order valence-corrected chi connectivity index (χ4v) is 1.60. The number of nitrogens with zero attached hydrogens (tertiary/aromatic N) is 4. The van der Waals surface area contributed by atoms with Gasteiger partial charge in [-0.25, -0.2) is 4.79 Å². The lowest BCUT2D eigenvalue weighted by molar-refractivity contribution is -0.873. The zero-order chi connectivity index (χ0) is 13.2. The van der Waals surface area contributed by atoms with Gasteiger partial charge >= 0.3 is 6.03 Å². The average molecular weight is 246 g/mol. The van der Waals surface area contributed by atoms with Gasteiger partial charge in [0.1, 0.15) is 18.1 Å². The fourth-order valence-electron chi connectivity index (χ4n) is 1.60. The number of pyridine rings is 1. The van der Waals surface area contributed by atoms with Crippen LogP contribution in [0.5, 0.6) is 0 Å². The highest BCUT2D eigenvalue weighted by molar-refractivity contribution is 6.16. The Morgan fingerprint density at radius 2 is 2.00 bits per heavy atom. The summed E-state index contributed by atoms with van der Waals surface area (Å²) in [5.74, 6) is -0.143. The van der Waals surface area contributed by atoms with Crippen LogP contribution in [0.15, 0.2) is 28.5 Å². The van der Waals surface area contributed by atoms with Crippen molar-refractivity contribution in [2.24, 2.45) is 15.9 Å². The van der Waals surface area contributed by atoms with E-state index in [9.17, 15) is 9.59 Å². The van der Waals surface area contributed by atoms with Gasteiger partial charge in [0.2, 0.25) is 0 Å². The molecule has 0 bridgehead atoms. The minimum Gasteiger partial charge on any atom is -0.315 e. The number of ketones is 1. The van der Waals surface area contributed by atoms with E-state index in [4.69, 9.17) is 5.73 Å². The predicted octanol–water partition coefficient (Wildman–Crippen LogP) is 0.665. The van der Waals surface area contributed by atoms with Crippen LogP contribution in [0.3, 0.4) is 0 Å². The van der Waals surface area contributed by atoms with E-state index in [1.165, 1.54) is 25.5 Å². The molecule has 7 nitrogen and oxygen atoms in total. The van der Waals surface area contributed by atoms with Crippen LogP contribution in [-0.2, 0) is 6.54 Å². The van der Waals surface area contributed by atoms with E-state index in [0.29, 0.717) is 11.3 Å². The van der Waals surface area contributed by atoms with E-state index in [2.05, 4.69) is 15.2 Å². The number of nitrogens with two attached hydrogens (primary N) is 1. The molecule has 1 aromatic heterocycles. The first kappa shape index (κ1) is 12.1. The Bertz CT molecular complexity index is 552. The maximum Gasteiger partial charge on any atom is 0.468 e. The largest absolute Gasteiger partial charge is 0.468 e. The molecule has 2 heterocycles. The van der Waals surface area contributed by atoms with Crippen LogP contribution in [0.1, 0.15) is 23.0 Å². The normalized spacial score (nSPS) is 15.8. The summed E-state index contributed by atoms with van der Waals surface area (Å²) in [4.78, 5) is 26.6. The minimum absolute atomic E-state index is 0.143. The highest BCUT2D eigenvalue weighted by atomic mass is 16.2. The standard InChI is InChI=1S/C11H11N5O2/c1-8(17)10-6-9(2-3-13-10)7-16(11(12)18)14-4-5-15-16/h2-6H,7H2,1H3,(H-,12,18)/p+1. The summed E-state index contributed by atoms with van der Waals surface area (Å²) in [6.45, 7) is 1.59. The molecule has 0 atom stereocenters. The Morgan fingerprint density at radius 3 is 2.56 bits per heavy atom. The number of aromatic nitrogens is 1. The van der Waals surface area contributed by atoms with Gasteiger partial charge in [0.05, 0.1) is 0 Å². The summed E-state index contributed by atoms with van der Waals surface area (Å²) < 4.78 is -0.568. The first-order chi connectivity index (χ1) is 8.53. The van der Waals surface area contributed by atoms with Crippen molar-refractivity contribution >= 4 is 24.2 Å². The molecule has 2 N–H and O–H groups in total. The number of Topliss-reactive ketones (excluding diaryl/α,β-unsaturated/α-hetero) is 1. The lowest BCUT2D eigenvalue weighted by Crippen LogP contribution is -2.45. The molecular formula is C11H12N5O2+. The number of carbonyl (C=O) groups is 2. The van der Waals surface area contributed by atoms with E-state index in [1.54, 1.807) is 12.1 Å². The zero-order valence-corrected chi connectivity index (χ0v) is 9.78. The second-order valence-electron chi connectivity index (χ2n) is 3.86. The van der Waals surface area contributed by atoms with E-state index in [-0.39, 0.29) is 12.3 Å². The predicted molar refractivity (Wildman–Crippen MR) is 64.8 cm³/mol. The molecular weight excluding hydrogens is 234 g/mol. The lowest BCUT2D eigenvalue weighted by atomic mass is 10.2. The fraction of sp³-hybridized carbons (Fsp3) is 0.182. The van der Waals surface area contributed by atoms with Crippen LogP contribution in [-0.4, -0.2) is 33.9 Å². The van der Waals surface area contributed by atoms with E-state index >= 15 is 0 Å². The van der Waals surface area contributed by atoms with E-state index in [0.717, 1.165) is 0 Å². The molecule has 0 spiro atoms. The van der Waals surface area contributed by atoms with Crippen LogP contribution < -0.4 is 5.73 Å². The third-order valence-corrected chi connectivity index (χ3v) is 2.52. The maximum atomic E-state index is 11.4. The molecule has 92 valence electrons. The van der Waals surface area contributed by atoms with Crippen LogP contribution in [0, 0.1) is 0 Å². The first-order valence-electron chi connectivity index (χ1n) is 5.27. The van der Waals surface area contributed by atoms with Crippen molar-refractivity contribution in [3.05, 3.63) is 29.6 Å². The Morgan fingerprint density at radius 1 is 1.33 bits per heavy atom. The Balaban J connectivity index is 2.31. The van der Waals surface area contributed by atoms with Gasteiger partial charge in [0, 0.05) is 23.4 Å². The molecule has 7 heteroatoms. The quantitative estimate of drug-likeness (QED) is 0.626. The monoisotopic (exact) mass is 246 g/mol. The summed E-state index contributed by atoms with van der Waals surface area (Å²) in [6.07, 6.45) is 4.34. The molecule has 0 fully saturated rings. The number of rotatable bonds is 3. The van der Waals surface area contributed by atoms with Crippen LogP contribution >= 0.6 is 0 Å². The van der Waals surface area contributed by atoms with Gasteiger partial charge in [0.15, 0.2) is 12.3 Å². The van der Waals surface area contributed by atoms with Crippen LogP contribution in [0.25, 0.3) is 0 Å². The van der Waals surface area contributed by atoms with Crippen molar-refractivity contribution in [1.29, 1.82) is 0 Å². The summed E-state index contributed by atoms with van der Waals surface area (Å²) in [5.41, 5.74) is 6.35. The van der Waals surface area contributed by atoms with Gasteiger partial charge in [-0.2, -0.15) is 0 Å². The molecule has 2 rings (SSSR count). The SMILES string of the molecule is CC(=O)c1cc(C[N+]2(C(N)=O)N=CC=N2)ccn1. The summed E-state index contributed by atoms with van der Waals surface area (Å²) in [6, 6.07) is 2.62. The van der Waals surface area contributed by atoms with Gasteiger partial charge in [-0.1, -0.05) is 0 Å². The second-order valence-corrected chi connectivity index (χ2v) is 3.86. The van der Waals surface area contributed by atoms with Gasteiger partial charge in [-0.15, -0.1) is 0 Å². The molecule has 1 aromatic rings. The van der Waals surface area contributed by atoms with Gasteiger partial charge < -0.3 is 5.73 Å². The number of hydrogen-bond donors (Lipinski definition) is 1. The lowest BCUT2D eigenvalue weighted by Gasteiger charge is -2.17. The molecule has 18 heavy (non-hydrogen) atoms. The average Bonchev–Trinajstić information content (AvgIpc) is 2.79. The third kappa shape index (κ3) is 2.16. The van der Waals surface area contributed by atoms with Crippen LogP contribution in [0.2, 0.25) is 0 Å². The van der Waals surface area contributed by atoms with Crippen molar-refractivity contribution in [2.45, 2.75) is 13.5 Å².